The molecule has 3 aliphatic rings. The van der Waals surface area contributed by atoms with Crippen molar-refractivity contribution < 1.29 is 14.3 Å². The third kappa shape index (κ3) is 2.53. The number of rotatable bonds is 3. The molecule has 0 N–H and O–H groups in total. The lowest BCUT2D eigenvalue weighted by atomic mass is 9.62. The molecule has 21 heavy (non-hydrogen) atoms. The van der Waals surface area contributed by atoms with E-state index in [1.165, 1.54) is 12.8 Å². The van der Waals surface area contributed by atoms with Crippen molar-refractivity contribution in [2.75, 3.05) is 0 Å². The number of ketones is 1. The first-order chi connectivity index (χ1) is 9.91. The number of carbonyl (C=O) groups is 2. The van der Waals surface area contributed by atoms with Crippen LogP contribution in [0, 0.1) is 29.1 Å². The Hall–Kier alpha value is -0.860. The number of hydrogen-bond acceptors (Lipinski definition) is 3. The van der Waals surface area contributed by atoms with Crippen LogP contribution in [0.25, 0.3) is 0 Å². The second kappa shape index (κ2) is 5.40. The van der Waals surface area contributed by atoms with Gasteiger partial charge in [0.15, 0.2) is 0 Å². The monoisotopic (exact) mass is 292 g/mol. The minimum Gasteiger partial charge on any atom is -0.462 e. The summed E-state index contributed by atoms with van der Waals surface area (Å²) in [5, 5.41) is 0. The molecule has 1 heterocycles. The molecule has 0 bridgehead atoms. The van der Waals surface area contributed by atoms with Crippen LogP contribution in [0.4, 0.5) is 0 Å². The van der Waals surface area contributed by atoms with Crippen LogP contribution >= 0.6 is 0 Å². The van der Waals surface area contributed by atoms with Gasteiger partial charge in [-0.05, 0) is 55.8 Å². The van der Waals surface area contributed by atoms with Gasteiger partial charge >= 0.3 is 5.97 Å². The highest BCUT2D eigenvalue weighted by Crippen LogP contribution is 2.57. The number of cyclic esters (lactones) is 1. The summed E-state index contributed by atoms with van der Waals surface area (Å²) in [6.45, 7) is 6.60. The maximum atomic E-state index is 12.2. The zero-order valence-electron chi connectivity index (χ0n) is 13.6. The van der Waals surface area contributed by atoms with Crippen molar-refractivity contribution in [2.45, 2.75) is 71.8 Å². The van der Waals surface area contributed by atoms with E-state index >= 15 is 0 Å². The molecule has 0 aromatic heterocycles. The smallest absolute Gasteiger partial charge is 0.309 e. The zero-order valence-corrected chi connectivity index (χ0v) is 13.6. The molecule has 3 rings (SSSR count). The maximum absolute atomic E-state index is 12.2. The SMILES string of the molecule is C[C@H](C[C@H]1C[C@H](C)C(=O)O1)[C@H]1CCC2C(=O)CCC[C@@]21C. The van der Waals surface area contributed by atoms with Crippen LogP contribution in [0.5, 0.6) is 0 Å². The molecule has 0 amide bonds. The molecule has 6 atom stereocenters. The Bertz CT molecular complexity index is 444. The van der Waals surface area contributed by atoms with Gasteiger partial charge < -0.3 is 4.74 Å². The summed E-state index contributed by atoms with van der Waals surface area (Å²) in [6, 6.07) is 0. The van der Waals surface area contributed by atoms with E-state index in [9.17, 15) is 9.59 Å². The molecule has 2 saturated carbocycles. The van der Waals surface area contributed by atoms with Crippen molar-refractivity contribution >= 4 is 11.8 Å². The fourth-order valence-corrected chi connectivity index (χ4v) is 5.45. The van der Waals surface area contributed by atoms with E-state index in [0.29, 0.717) is 23.5 Å². The van der Waals surface area contributed by atoms with Crippen molar-refractivity contribution in [3.05, 3.63) is 0 Å². The van der Waals surface area contributed by atoms with E-state index in [1.54, 1.807) is 0 Å². The van der Waals surface area contributed by atoms with Crippen LogP contribution in [0.15, 0.2) is 0 Å². The van der Waals surface area contributed by atoms with Crippen LogP contribution in [0.2, 0.25) is 0 Å². The molecule has 0 aromatic rings. The summed E-state index contributed by atoms with van der Waals surface area (Å²) in [5.74, 6) is 1.97. The molecule has 118 valence electrons. The number of ether oxygens (including phenoxy) is 1. The minimum absolute atomic E-state index is 0.0319. The highest BCUT2D eigenvalue weighted by atomic mass is 16.5. The first kappa shape index (κ1) is 15.1. The number of fused-ring (bicyclic) bond motifs is 1. The number of hydrogen-bond donors (Lipinski definition) is 0. The molecule has 1 unspecified atom stereocenters. The molecular weight excluding hydrogens is 264 g/mol. The van der Waals surface area contributed by atoms with Gasteiger partial charge in [0, 0.05) is 12.3 Å². The van der Waals surface area contributed by atoms with Crippen LogP contribution in [-0.4, -0.2) is 17.9 Å². The predicted molar refractivity (Wildman–Crippen MR) is 80.6 cm³/mol. The molecule has 3 fully saturated rings. The van der Waals surface area contributed by atoms with Gasteiger partial charge in [0.05, 0.1) is 5.92 Å². The normalized spacial score (nSPS) is 44.5. The molecule has 0 radical (unpaired) electrons. The number of esters is 1. The van der Waals surface area contributed by atoms with Crippen molar-refractivity contribution in [1.82, 2.24) is 0 Å². The topological polar surface area (TPSA) is 43.4 Å². The van der Waals surface area contributed by atoms with Crippen LogP contribution in [-0.2, 0) is 14.3 Å². The molecule has 1 aliphatic heterocycles. The first-order valence-corrected chi connectivity index (χ1v) is 8.65. The Morgan fingerprint density at radius 1 is 1.33 bits per heavy atom. The Morgan fingerprint density at radius 3 is 2.76 bits per heavy atom. The molecule has 0 spiro atoms. The van der Waals surface area contributed by atoms with E-state index < -0.39 is 0 Å². The Kier molecular flexibility index (Phi) is 3.87. The van der Waals surface area contributed by atoms with E-state index in [1.807, 2.05) is 6.92 Å². The van der Waals surface area contributed by atoms with Gasteiger partial charge in [-0.2, -0.15) is 0 Å². The maximum Gasteiger partial charge on any atom is 0.309 e. The molecule has 3 heteroatoms. The summed E-state index contributed by atoms with van der Waals surface area (Å²) in [7, 11) is 0. The van der Waals surface area contributed by atoms with E-state index in [0.717, 1.165) is 32.1 Å². The Morgan fingerprint density at radius 2 is 2.10 bits per heavy atom. The van der Waals surface area contributed by atoms with Gasteiger partial charge in [-0.3, -0.25) is 9.59 Å². The van der Waals surface area contributed by atoms with Gasteiger partial charge in [0.2, 0.25) is 0 Å². The summed E-state index contributed by atoms with van der Waals surface area (Å²) in [6.07, 6.45) is 7.23. The van der Waals surface area contributed by atoms with E-state index in [4.69, 9.17) is 4.74 Å². The third-order valence-corrected chi connectivity index (χ3v) is 6.56. The molecule has 1 saturated heterocycles. The Balaban J connectivity index is 1.66. The molecule has 2 aliphatic carbocycles. The molecular formula is C18H28O3. The average molecular weight is 292 g/mol. The quantitative estimate of drug-likeness (QED) is 0.744. The highest BCUT2D eigenvalue weighted by Gasteiger charge is 2.52. The van der Waals surface area contributed by atoms with E-state index in [-0.39, 0.29) is 23.4 Å². The van der Waals surface area contributed by atoms with Crippen molar-refractivity contribution in [1.29, 1.82) is 0 Å². The Labute approximate surface area is 127 Å². The molecule has 0 aromatic carbocycles. The lowest BCUT2D eigenvalue weighted by Gasteiger charge is -2.42. The van der Waals surface area contributed by atoms with Crippen molar-refractivity contribution in [3.8, 4) is 0 Å². The zero-order chi connectivity index (χ0) is 15.2. The van der Waals surface area contributed by atoms with Gasteiger partial charge in [-0.25, -0.2) is 0 Å². The summed E-state index contributed by atoms with van der Waals surface area (Å²) >= 11 is 0. The van der Waals surface area contributed by atoms with Gasteiger partial charge in [0.1, 0.15) is 11.9 Å². The lowest BCUT2D eigenvalue weighted by Crippen LogP contribution is -2.39. The van der Waals surface area contributed by atoms with Crippen LogP contribution in [0.1, 0.15) is 65.7 Å². The van der Waals surface area contributed by atoms with Crippen molar-refractivity contribution in [2.24, 2.45) is 29.1 Å². The van der Waals surface area contributed by atoms with Gasteiger partial charge in [-0.1, -0.05) is 20.8 Å². The van der Waals surface area contributed by atoms with Crippen LogP contribution in [0.3, 0.4) is 0 Å². The fourth-order valence-electron chi connectivity index (χ4n) is 5.45. The van der Waals surface area contributed by atoms with Gasteiger partial charge in [0.25, 0.3) is 0 Å². The second-order valence-corrected chi connectivity index (χ2v) is 7.97. The summed E-state index contributed by atoms with van der Waals surface area (Å²) < 4.78 is 5.49. The predicted octanol–water partition coefficient (Wildman–Crippen LogP) is 3.75. The summed E-state index contributed by atoms with van der Waals surface area (Å²) in [4.78, 5) is 23.8. The average Bonchev–Trinajstić information content (AvgIpc) is 2.91. The van der Waals surface area contributed by atoms with Gasteiger partial charge in [-0.15, -0.1) is 0 Å². The first-order valence-electron chi connectivity index (χ1n) is 8.65. The highest BCUT2D eigenvalue weighted by molar-refractivity contribution is 5.83. The standard InChI is InChI=1S/C18H28O3/c1-11(9-13-10-12(2)17(20)21-13)14-6-7-15-16(19)5-4-8-18(14,15)3/h11-15H,4-10H2,1-3H3/t11-,12+,13+,14-,15?,18-/m1/s1. The third-order valence-electron chi connectivity index (χ3n) is 6.56. The van der Waals surface area contributed by atoms with E-state index in [2.05, 4.69) is 13.8 Å². The summed E-state index contributed by atoms with van der Waals surface area (Å²) in [5.41, 5.74) is 0.197. The van der Waals surface area contributed by atoms with Crippen molar-refractivity contribution in [3.63, 3.8) is 0 Å². The second-order valence-electron chi connectivity index (χ2n) is 7.97. The lowest BCUT2D eigenvalue weighted by molar-refractivity contribution is -0.144. The number of carbonyl (C=O) groups excluding carboxylic acids is 2. The fraction of sp³-hybridized carbons (Fsp3) is 0.889. The largest absolute Gasteiger partial charge is 0.462 e. The minimum atomic E-state index is -0.0319. The van der Waals surface area contributed by atoms with Crippen LogP contribution < -0.4 is 0 Å². The molecule has 3 nitrogen and oxygen atoms in total. The number of Topliss-reactive ketones (excluding diaryl/α,β-unsaturated/α-hetero) is 1.